The highest BCUT2D eigenvalue weighted by Crippen LogP contribution is 2.38. The lowest BCUT2D eigenvalue weighted by molar-refractivity contribution is -0.00140. The summed E-state index contributed by atoms with van der Waals surface area (Å²) in [5.41, 5.74) is 3.04. The van der Waals surface area contributed by atoms with Gasteiger partial charge in [-0.05, 0) is 25.3 Å². The van der Waals surface area contributed by atoms with Gasteiger partial charge in [0.05, 0.1) is 12.7 Å². The van der Waals surface area contributed by atoms with E-state index in [9.17, 15) is 0 Å². The maximum Gasteiger partial charge on any atom is 0.0949 e. The van der Waals surface area contributed by atoms with E-state index in [1.165, 1.54) is 43.2 Å². The molecule has 0 radical (unpaired) electrons. The van der Waals surface area contributed by atoms with E-state index >= 15 is 0 Å². The molecule has 1 aromatic carbocycles. The van der Waals surface area contributed by atoms with Crippen molar-refractivity contribution in [1.82, 2.24) is 5.32 Å². The predicted molar refractivity (Wildman–Crippen MR) is 78.3 cm³/mol. The van der Waals surface area contributed by atoms with E-state index in [0.717, 1.165) is 19.7 Å². The predicted octanol–water partition coefficient (Wildman–Crippen LogP) is 3.61. The minimum atomic E-state index is 0.224. The number of hydrogen-bond donors (Lipinski definition) is 1. The van der Waals surface area contributed by atoms with Crippen LogP contribution >= 0.6 is 0 Å². The molecule has 0 aromatic heterocycles. The lowest BCUT2D eigenvalue weighted by atomic mass is 9.74. The quantitative estimate of drug-likeness (QED) is 0.832. The maximum absolute atomic E-state index is 6.26. The molecule has 2 aliphatic rings. The van der Waals surface area contributed by atoms with Crippen LogP contribution in [0, 0.1) is 12.3 Å². The summed E-state index contributed by atoms with van der Waals surface area (Å²) < 4.78 is 6.26. The monoisotopic (exact) mass is 259 g/mol. The van der Waals surface area contributed by atoms with E-state index < -0.39 is 0 Å². The Bertz CT molecular complexity index is 406. The van der Waals surface area contributed by atoms with Crippen LogP contribution in [0.5, 0.6) is 0 Å². The van der Waals surface area contributed by atoms with E-state index in [1.54, 1.807) is 0 Å². The molecule has 1 saturated heterocycles. The molecule has 2 nitrogen and oxygen atoms in total. The highest BCUT2D eigenvalue weighted by Gasteiger charge is 2.35. The summed E-state index contributed by atoms with van der Waals surface area (Å²) in [4.78, 5) is 0. The molecule has 1 N–H and O–H groups in total. The van der Waals surface area contributed by atoms with Crippen molar-refractivity contribution >= 4 is 0 Å². The van der Waals surface area contributed by atoms with Crippen LogP contribution < -0.4 is 5.32 Å². The second-order valence-electron chi connectivity index (χ2n) is 6.40. The first-order valence-electron chi connectivity index (χ1n) is 7.66. The Balaban J connectivity index is 1.68. The van der Waals surface area contributed by atoms with Gasteiger partial charge < -0.3 is 10.1 Å². The maximum atomic E-state index is 6.26. The first-order valence-corrected chi connectivity index (χ1v) is 7.66. The number of hydrogen-bond acceptors (Lipinski definition) is 2. The van der Waals surface area contributed by atoms with Crippen molar-refractivity contribution in [1.29, 1.82) is 0 Å². The number of aryl methyl sites for hydroxylation is 1. The molecule has 0 amide bonds. The van der Waals surface area contributed by atoms with Crippen LogP contribution in [-0.4, -0.2) is 19.7 Å². The Kier molecular flexibility index (Phi) is 3.90. The van der Waals surface area contributed by atoms with Crippen LogP contribution in [0.15, 0.2) is 24.3 Å². The summed E-state index contributed by atoms with van der Waals surface area (Å²) in [6, 6.07) is 8.78. The topological polar surface area (TPSA) is 21.3 Å². The molecule has 104 valence electrons. The lowest BCUT2D eigenvalue weighted by Crippen LogP contribution is -2.37. The second-order valence-corrected chi connectivity index (χ2v) is 6.40. The summed E-state index contributed by atoms with van der Waals surface area (Å²) in [6.07, 6.45) is 7.05. The van der Waals surface area contributed by atoms with Crippen LogP contribution in [0.1, 0.15) is 49.3 Å². The van der Waals surface area contributed by atoms with Crippen LogP contribution in [0.3, 0.4) is 0 Å². The molecule has 2 fully saturated rings. The van der Waals surface area contributed by atoms with E-state index in [-0.39, 0.29) is 6.10 Å². The summed E-state index contributed by atoms with van der Waals surface area (Å²) >= 11 is 0. The third-order valence-electron chi connectivity index (χ3n) is 4.78. The molecule has 1 spiro atoms. The van der Waals surface area contributed by atoms with Crippen LogP contribution in [0.2, 0.25) is 0 Å². The summed E-state index contributed by atoms with van der Waals surface area (Å²) in [6.45, 7) is 5.14. The zero-order chi connectivity index (χ0) is 13.1. The number of ether oxygens (including phenoxy) is 1. The first kappa shape index (κ1) is 13.1. The van der Waals surface area contributed by atoms with Crippen LogP contribution in [0.4, 0.5) is 0 Å². The third-order valence-corrected chi connectivity index (χ3v) is 4.78. The summed E-state index contributed by atoms with van der Waals surface area (Å²) in [7, 11) is 0. The Morgan fingerprint density at radius 3 is 2.58 bits per heavy atom. The van der Waals surface area contributed by atoms with Crippen molar-refractivity contribution in [2.24, 2.45) is 5.41 Å². The standard InChI is InChI=1S/C17H25NO/c1-14-5-7-15(8-6-14)16-11-18-12-17(13-19-16)9-3-2-4-10-17/h5-8,16,18H,2-4,9-13H2,1H3. The molecule has 1 atom stereocenters. The van der Waals surface area contributed by atoms with Gasteiger partial charge in [-0.25, -0.2) is 0 Å². The van der Waals surface area contributed by atoms with Gasteiger partial charge in [-0.15, -0.1) is 0 Å². The molecule has 0 bridgehead atoms. The first-order chi connectivity index (χ1) is 9.27. The fraction of sp³-hybridized carbons (Fsp3) is 0.647. The molecule has 2 heteroatoms. The molecule has 1 aliphatic carbocycles. The van der Waals surface area contributed by atoms with Gasteiger partial charge in [0, 0.05) is 18.5 Å². The van der Waals surface area contributed by atoms with Gasteiger partial charge >= 0.3 is 0 Å². The third kappa shape index (κ3) is 3.01. The highest BCUT2D eigenvalue weighted by molar-refractivity contribution is 5.23. The van der Waals surface area contributed by atoms with Crippen molar-refractivity contribution in [2.45, 2.75) is 45.1 Å². The smallest absolute Gasteiger partial charge is 0.0949 e. The van der Waals surface area contributed by atoms with Gasteiger partial charge in [0.2, 0.25) is 0 Å². The second kappa shape index (κ2) is 5.64. The van der Waals surface area contributed by atoms with E-state index in [4.69, 9.17) is 4.74 Å². The van der Waals surface area contributed by atoms with Crippen molar-refractivity contribution in [3.05, 3.63) is 35.4 Å². The SMILES string of the molecule is Cc1ccc(C2CNCC3(CCCCC3)CO2)cc1. The average Bonchev–Trinajstić information content (AvgIpc) is 2.64. The van der Waals surface area contributed by atoms with Crippen molar-refractivity contribution < 1.29 is 4.74 Å². The summed E-state index contributed by atoms with van der Waals surface area (Å²) in [5, 5.41) is 3.65. The largest absolute Gasteiger partial charge is 0.372 e. The zero-order valence-corrected chi connectivity index (χ0v) is 12.0. The average molecular weight is 259 g/mol. The van der Waals surface area contributed by atoms with Gasteiger partial charge in [0.15, 0.2) is 0 Å². The van der Waals surface area contributed by atoms with E-state index in [1.807, 2.05) is 0 Å². The minimum Gasteiger partial charge on any atom is -0.372 e. The normalized spacial score (nSPS) is 27.1. The van der Waals surface area contributed by atoms with Crippen LogP contribution in [0.25, 0.3) is 0 Å². The number of nitrogens with one attached hydrogen (secondary N) is 1. The molecule has 1 saturated carbocycles. The Morgan fingerprint density at radius 1 is 1.11 bits per heavy atom. The Hall–Kier alpha value is -0.860. The molecule has 19 heavy (non-hydrogen) atoms. The fourth-order valence-corrected chi connectivity index (χ4v) is 3.47. The molecule has 1 aliphatic heterocycles. The molecule has 1 unspecified atom stereocenters. The van der Waals surface area contributed by atoms with Crippen LogP contribution in [-0.2, 0) is 4.74 Å². The van der Waals surface area contributed by atoms with E-state index in [0.29, 0.717) is 5.41 Å². The van der Waals surface area contributed by atoms with E-state index in [2.05, 4.69) is 36.5 Å². The minimum absolute atomic E-state index is 0.224. The van der Waals surface area contributed by atoms with Gasteiger partial charge in [-0.1, -0.05) is 49.1 Å². The van der Waals surface area contributed by atoms with Crippen molar-refractivity contribution in [3.8, 4) is 0 Å². The Morgan fingerprint density at radius 2 is 1.84 bits per heavy atom. The molecular formula is C17H25NO. The zero-order valence-electron chi connectivity index (χ0n) is 12.0. The lowest BCUT2D eigenvalue weighted by Gasteiger charge is -2.35. The number of rotatable bonds is 1. The van der Waals surface area contributed by atoms with Crippen molar-refractivity contribution in [3.63, 3.8) is 0 Å². The number of benzene rings is 1. The van der Waals surface area contributed by atoms with Gasteiger partial charge in [0.25, 0.3) is 0 Å². The molecule has 3 rings (SSSR count). The highest BCUT2D eigenvalue weighted by atomic mass is 16.5. The van der Waals surface area contributed by atoms with Gasteiger partial charge in [-0.3, -0.25) is 0 Å². The Labute approximate surface area is 116 Å². The molecular weight excluding hydrogens is 234 g/mol. The fourth-order valence-electron chi connectivity index (χ4n) is 3.47. The molecule has 1 aromatic rings. The molecule has 1 heterocycles. The van der Waals surface area contributed by atoms with Gasteiger partial charge in [-0.2, -0.15) is 0 Å². The van der Waals surface area contributed by atoms with Crippen molar-refractivity contribution in [2.75, 3.05) is 19.7 Å². The summed E-state index contributed by atoms with van der Waals surface area (Å²) in [5.74, 6) is 0. The van der Waals surface area contributed by atoms with Gasteiger partial charge in [0.1, 0.15) is 0 Å².